The summed E-state index contributed by atoms with van der Waals surface area (Å²) in [6.07, 6.45) is 0. The van der Waals surface area contributed by atoms with E-state index in [1.54, 1.807) is 54.1 Å². The van der Waals surface area contributed by atoms with Crippen molar-refractivity contribution in [3.8, 4) is 11.5 Å². The molecule has 2 aromatic heterocycles. The van der Waals surface area contributed by atoms with Crippen molar-refractivity contribution < 1.29 is 23.5 Å². The van der Waals surface area contributed by atoms with Gasteiger partial charge in [-0.2, -0.15) is 0 Å². The smallest absolute Gasteiger partial charge is 0.272 e. The molecule has 0 unspecified atom stereocenters. The fourth-order valence-electron chi connectivity index (χ4n) is 4.13. The number of rotatable bonds is 6. The molecule has 0 aliphatic rings. The number of amides is 1. The molecule has 0 bridgehead atoms. The van der Waals surface area contributed by atoms with Crippen LogP contribution in [0.1, 0.15) is 26.6 Å². The van der Waals surface area contributed by atoms with E-state index in [1.165, 1.54) is 7.11 Å². The molecule has 170 valence electrons. The number of para-hydroxylation sites is 1. The molecular formula is C27H22N2O5. The van der Waals surface area contributed by atoms with Crippen molar-refractivity contribution in [1.82, 2.24) is 4.57 Å². The van der Waals surface area contributed by atoms with E-state index < -0.39 is 0 Å². The minimum atomic E-state index is -0.369. The molecular weight excluding hydrogens is 432 g/mol. The third kappa shape index (κ3) is 3.47. The van der Waals surface area contributed by atoms with Crippen LogP contribution in [0.25, 0.3) is 21.9 Å². The molecule has 0 radical (unpaired) electrons. The SMILES string of the molecule is COc1cccc(C(=O)c2oc3ccccc3c2NC(=O)c2cc3c(OC)cccc3n2C)c1. The number of hydrogen-bond donors (Lipinski definition) is 1. The normalized spacial score (nSPS) is 11.0. The lowest BCUT2D eigenvalue weighted by Gasteiger charge is -2.08. The molecule has 7 nitrogen and oxygen atoms in total. The number of ether oxygens (including phenoxy) is 2. The van der Waals surface area contributed by atoms with Gasteiger partial charge in [-0.1, -0.05) is 30.3 Å². The van der Waals surface area contributed by atoms with Gasteiger partial charge in [0.05, 0.1) is 25.4 Å². The van der Waals surface area contributed by atoms with Gasteiger partial charge in [0, 0.05) is 23.4 Å². The van der Waals surface area contributed by atoms with Crippen LogP contribution in [0.15, 0.2) is 77.2 Å². The fourth-order valence-corrected chi connectivity index (χ4v) is 4.13. The van der Waals surface area contributed by atoms with Gasteiger partial charge in [0.1, 0.15) is 22.8 Å². The van der Waals surface area contributed by atoms with Gasteiger partial charge in [-0.3, -0.25) is 9.59 Å². The standard InChI is InChI=1S/C27H22N2O5/c1-29-20-11-7-13-22(33-3)19(20)15-21(29)27(31)28-24-18-10-4-5-12-23(18)34-26(24)25(30)16-8-6-9-17(14-16)32-2/h4-15H,1-3H3,(H,28,31). The summed E-state index contributed by atoms with van der Waals surface area (Å²) >= 11 is 0. The van der Waals surface area contributed by atoms with Crippen LogP contribution in [0.2, 0.25) is 0 Å². The highest BCUT2D eigenvalue weighted by atomic mass is 16.5. The van der Waals surface area contributed by atoms with Crippen molar-refractivity contribution in [2.45, 2.75) is 0 Å². The maximum absolute atomic E-state index is 13.4. The molecule has 0 aliphatic carbocycles. The van der Waals surface area contributed by atoms with E-state index in [0.29, 0.717) is 39.4 Å². The summed E-state index contributed by atoms with van der Waals surface area (Å²) in [5, 5.41) is 4.38. The third-order valence-corrected chi connectivity index (χ3v) is 5.87. The Morgan fingerprint density at radius 3 is 2.47 bits per heavy atom. The first kappa shape index (κ1) is 21.3. The zero-order chi connectivity index (χ0) is 23.8. The Kier molecular flexibility index (Phi) is 5.30. The highest BCUT2D eigenvalue weighted by molar-refractivity contribution is 6.19. The number of nitrogens with zero attached hydrogens (tertiary/aromatic N) is 1. The summed E-state index contributed by atoms with van der Waals surface area (Å²) in [4.78, 5) is 26.8. The van der Waals surface area contributed by atoms with Crippen LogP contribution in [0, 0.1) is 0 Å². The Morgan fingerprint density at radius 2 is 1.68 bits per heavy atom. The van der Waals surface area contributed by atoms with Gasteiger partial charge in [-0.25, -0.2) is 0 Å². The number of ketones is 1. The number of hydrogen-bond acceptors (Lipinski definition) is 5. The predicted molar refractivity (Wildman–Crippen MR) is 130 cm³/mol. The van der Waals surface area contributed by atoms with Crippen molar-refractivity contribution in [1.29, 1.82) is 0 Å². The highest BCUT2D eigenvalue weighted by Crippen LogP contribution is 2.34. The number of aromatic nitrogens is 1. The molecule has 7 heteroatoms. The van der Waals surface area contributed by atoms with E-state index in [1.807, 2.05) is 37.4 Å². The maximum Gasteiger partial charge on any atom is 0.272 e. The second kappa shape index (κ2) is 8.44. The van der Waals surface area contributed by atoms with Crippen LogP contribution in [-0.2, 0) is 7.05 Å². The zero-order valence-electron chi connectivity index (χ0n) is 18.9. The minimum absolute atomic E-state index is 0.0548. The third-order valence-electron chi connectivity index (χ3n) is 5.87. The van der Waals surface area contributed by atoms with Gasteiger partial charge in [0.25, 0.3) is 5.91 Å². The Hall–Kier alpha value is -4.52. The van der Waals surface area contributed by atoms with Crippen LogP contribution >= 0.6 is 0 Å². The van der Waals surface area contributed by atoms with Crippen molar-refractivity contribution in [3.05, 3.63) is 89.8 Å². The maximum atomic E-state index is 13.4. The lowest BCUT2D eigenvalue weighted by atomic mass is 10.1. The number of benzene rings is 3. The molecule has 0 aliphatic heterocycles. The first-order chi connectivity index (χ1) is 16.5. The topological polar surface area (TPSA) is 82.7 Å². The zero-order valence-corrected chi connectivity index (χ0v) is 18.9. The van der Waals surface area contributed by atoms with Crippen molar-refractivity contribution in [2.75, 3.05) is 19.5 Å². The number of fused-ring (bicyclic) bond motifs is 2. The monoisotopic (exact) mass is 454 g/mol. The molecule has 0 spiro atoms. The number of furan rings is 1. The molecule has 3 aromatic carbocycles. The second-order valence-electron chi connectivity index (χ2n) is 7.80. The highest BCUT2D eigenvalue weighted by Gasteiger charge is 2.25. The number of methoxy groups -OCH3 is 2. The molecule has 0 atom stereocenters. The molecule has 34 heavy (non-hydrogen) atoms. The summed E-state index contributed by atoms with van der Waals surface area (Å²) in [5.74, 6) is 0.557. The van der Waals surface area contributed by atoms with Crippen LogP contribution in [0.4, 0.5) is 5.69 Å². The first-order valence-electron chi connectivity index (χ1n) is 10.7. The molecule has 1 N–H and O–H groups in total. The van der Waals surface area contributed by atoms with Gasteiger partial charge < -0.3 is 23.8 Å². The summed E-state index contributed by atoms with van der Waals surface area (Å²) in [6.45, 7) is 0. The van der Waals surface area contributed by atoms with Crippen LogP contribution in [-0.4, -0.2) is 30.5 Å². The second-order valence-corrected chi connectivity index (χ2v) is 7.80. The molecule has 0 saturated heterocycles. The van der Waals surface area contributed by atoms with E-state index in [9.17, 15) is 9.59 Å². The van der Waals surface area contributed by atoms with Crippen LogP contribution in [0.5, 0.6) is 11.5 Å². The van der Waals surface area contributed by atoms with Gasteiger partial charge in [0.2, 0.25) is 5.78 Å². The summed E-state index contributed by atoms with van der Waals surface area (Å²) < 4.78 is 18.4. The predicted octanol–water partition coefficient (Wildman–Crippen LogP) is 5.43. The van der Waals surface area contributed by atoms with E-state index >= 15 is 0 Å². The van der Waals surface area contributed by atoms with Gasteiger partial charge in [-0.15, -0.1) is 0 Å². The Balaban J connectivity index is 1.59. The quantitative estimate of drug-likeness (QED) is 0.346. The Morgan fingerprint density at radius 1 is 0.882 bits per heavy atom. The molecule has 5 aromatic rings. The number of carbonyl (C=O) groups is 2. The van der Waals surface area contributed by atoms with Crippen molar-refractivity contribution in [2.24, 2.45) is 7.05 Å². The molecule has 5 rings (SSSR count). The summed E-state index contributed by atoms with van der Waals surface area (Å²) in [6, 6.07) is 21.4. The number of anilines is 1. The average Bonchev–Trinajstić information content (AvgIpc) is 3.41. The first-order valence-corrected chi connectivity index (χ1v) is 10.7. The number of nitrogens with one attached hydrogen (secondary N) is 1. The average molecular weight is 454 g/mol. The van der Waals surface area contributed by atoms with Crippen molar-refractivity contribution in [3.63, 3.8) is 0 Å². The van der Waals surface area contributed by atoms with E-state index in [4.69, 9.17) is 13.9 Å². The number of carbonyl (C=O) groups excluding carboxylic acids is 2. The number of aryl methyl sites for hydroxylation is 1. The molecule has 1 amide bonds. The van der Waals surface area contributed by atoms with E-state index in [0.717, 1.165) is 10.9 Å². The van der Waals surface area contributed by atoms with E-state index in [-0.39, 0.29) is 17.5 Å². The molecule has 2 heterocycles. The minimum Gasteiger partial charge on any atom is -0.497 e. The Bertz CT molecular complexity index is 1560. The van der Waals surface area contributed by atoms with Gasteiger partial charge >= 0.3 is 0 Å². The summed E-state index contributed by atoms with van der Waals surface area (Å²) in [7, 11) is 4.94. The molecule has 0 fully saturated rings. The summed E-state index contributed by atoms with van der Waals surface area (Å²) in [5.41, 5.74) is 2.50. The lowest BCUT2D eigenvalue weighted by molar-refractivity contribution is 0.101. The van der Waals surface area contributed by atoms with Gasteiger partial charge in [0.15, 0.2) is 5.76 Å². The van der Waals surface area contributed by atoms with E-state index in [2.05, 4.69) is 5.32 Å². The molecule has 0 saturated carbocycles. The van der Waals surface area contributed by atoms with Crippen LogP contribution < -0.4 is 14.8 Å². The Labute approximate surface area is 195 Å². The van der Waals surface area contributed by atoms with Crippen molar-refractivity contribution >= 4 is 39.2 Å². The fraction of sp³-hybridized carbons (Fsp3) is 0.111. The largest absolute Gasteiger partial charge is 0.497 e. The van der Waals surface area contributed by atoms with Gasteiger partial charge in [-0.05, 0) is 42.5 Å². The lowest BCUT2D eigenvalue weighted by Crippen LogP contribution is -2.17. The van der Waals surface area contributed by atoms with Crippen LogP contribution in [0.3, 0.4) is 0 Å².